The molecular weight excluding hydrogens is 534 g/mol. The summed E-state index contributed by atoms with van der Waals surface area (Å²) in [5, 5.41) is 7.35. The Bertz CT molecular complexity index is 1380. The lowest BCUT2D eigenvalue weighted by Gasteiger charge is -2.40. The van der Waals surface area contributed by atoms with Crippen LogP contribution in [0.3, 0.4) is 0 Å². The van der Waals surface area contributed by atoms with Crippen molar-refractivity contribution in [1.29, 1.82) is 0 Å². The number of likely N-dealkylation sites (tertiary alicyclic amines) is 2. The smallest absolute Gasteiger partial charge is 0.273 e. The van der Waals surface area contributed by atoms with Crippen LogP contribution >= 0.6 is 11.6 Å². The average Bonchev–Trinajstić information content (AvgIpc) is 3.00. The van der Waals surface area contributed by atoms with E-state index in [-0.39, 0.29) is 11.5 Å². The summed E-state index contributed by atoms with van der Waals surface area (Å²) in [7, 11) is 0. The Hall–Kier alpha value is -3.52. The maximum atomic E-state index is 13.2. The van der Waals surface area contributed by atoms with E-state index in [4.69, 9.17) is 11.6 Å². The third-order valence-corrected chi connectivity index (χ3v) is 8.23. The number of hydrogen-bond acceptors (Lipinski definition) is 5. The third kappa shape index (κ3) is 8.03. The van der Waals surface area contributed by atoms with Crippen LogP contribution in [0.25, 0.3) is 0 Å². The third-order valence-electron chi connectivity index (χ3n) is 7.99. The second-order valence-electron chi connectivity index (χ2n) is 11.1. The van der Waals surface area contributed by atoms with Gasteiger partial charge in [0.1, 0.15) is 0 Å². The molecule has 3 aromatic rings. The van der Waals surface area contributed by atoms with Crippen LogP contribution < -0.4 is 10.7 Å². The number of hydrogen-bond donors (Lipinski definition) is 2. The molecule has 0 aromatic heterocycles. The number of aryl methyl sites for hydroxylation is 1. The number of nitrogens with one attached hydrogen (secondary N) is 2. The zero-order chi connectivity index (χ0) is 28.6. The van der Waals surface area contributed by atoms with Gasteiger partial charge >= 0.3 is 0 Å². The van der Waals surface area contributed by atoms with Gasteiger partial charge in [-0.25, -0.2) is 5.43 Å². The molecule has 0 spiro atoms. The van der Waals surface area contributed by atoms with Crippen molar-refractivity contribution in [3.63, 3.8) is 0 Å². The molecule has 2 fully saturated rings. The molecule has 0 bridgehead atoms. The Morgan fingerprint density at radius 3 is 2.44 bits per heavy atom. The van der Waals surface area contributed by atoms with Gasteiger partial charge < -0.3 is 10.2 Å². The summed E-state index contributed by atoms with van der Waals surface area (Å²) >= 11 is 6.19. The molecule has 2 heterocycles. The minimum atomic E-state index is -0.465. The monoisotopic (exact) mass is 571 g/mol. The lowest BCUT2D eigenvalue weighted by atomic mass is 9.99. The van der Waals surface area contributed by atoms with Gasteiger partial charge in [0.25, 0.3) is 11.8 Å². The number of rotatable bonds is 8. The molecule has 7 nitrogen and oxygen atoms in total. The number of anilines is 1. The van der Waals surface area contributed by atoms with Gasteiger partial charge in [-0.1, -0.05) is 60.0 Å². The molecule has 2 N–H and O–H groups in total. The Morgan fingerprint density at radius 1 is 0.927 bits per heavy atom. The molecule has 5 rings (SSSR count). The van der Waals surface area contributed by atoms with Gasteiger partial charge in [-0.3, -0.25) is 14.5 Å². The first kappa shape index (κ1) is 29.0. The topological polar surface area (TPSA) is 77.0 Å². The molecule has 2 aliphatic heterocycles. The standard InChI is InChI=1S/C33H38ClN5O2/c1-24-8-10-25(11-9-24)22-35-37-33(41)30-21-28(34)12-13-31(30)36-32(40)27-7-5-6-26(20-27)23-38-18-14-29(15-19-38)39-16-3-2-4-17-39/h5-13,20-22,29H,2-4,14-19,23H2,1H3,(H,36,40)(H,37,41). The highest BCUT2D eigenvalue weighted by molar-refractivity contribution is 6.31. The number of benzene rings is 3. The molecule has 3 aromatic carbocycles. The highest BCUT2D eigenvalue weighted by Gasteiger charge is 2.25. The number of hydrazone groups is 1. The average molecular weight is 572 g/mol. The van der Waals surface area contributed by atoms with Crippen molar-refractivity contribution >= 4 is 35.3 Å². The number of piperidine rings is 2. The summed E-state index contributed by atoms with van der Waals surface area (Å²) in [5.41, 5.74) is 6.79. The van der Waals surface area contributed by atoms with E-state index in [2.05, 4.69) is 31.7 Å². The summed E-state index contributed by atoms with van der Waals surface area (Å²) in [6.07, 6.45) is 8.02. The molecule has 0 saturated carbocycles. The number of nitrogens with zero attached hydrogens (tertiary/aromatic N) is 3. The maximum absolute atomic E-state index is 13.2. The van der Waals surface area contributed by atoms with Crippen LogP contribution in [-0.4, -0.2) is 60.0 Å². The predicted octanol–water partition coefficient (Wildman–Crippen LogP) is 6.11. The SMILES string of the molecule is Cc1ccc(C=NNC(=O)c2cc(Cl)ccc2NC(=O)c2cccc(CN3CCC(N4CCCCC4)CC3)c2)cc1. The number of halogens is 1. The number of carbonyl (C=O) groups is 2. The van der Waals surface area contributed by atoms with Crippen LogP contribution in [0.2, 0.25) is 5.02 Å². The molecule has 2 saturated heterocycles. The summed E-state index contributed by atoms with van der Waals surface area (Å²) in [4.78, 5) is 31.3. The summed E-state index contributed by atoms with van der Waals surface area (Å²) in [5.74, 6) is -0.747. The lowest BCUT2D eigenvalue weighted by Crippen LogP contribution is -2.46. The second-order valence-corrected chi connectivity index (χ2v) is 11.5. The summed E-state index contributed by atoms with van der Waals surface area (Å²) in [6.45, 7) is 7.48. The van der Waals surface area contributed by atoms with Gasteiger partial charge in [0.15, 0.2) is 0 Å². The van der Waals surface area contributed by atoms with Crippen molar-refractivity contribution < 1.29 is 9.59 Å². The molecule has 0 unspecified atom stereocenters. The predicted molar refractivity (Wildman–Crippen MR) is 166 cm³/mol. The van der Waals surface area contributed by atoms with Crippen LogP contribution in [0.15, 0.2) is 71.8 Å². The maximum Gasteiger partial charge on any atom is 0.273 e. The van der Waals surface area contributed by atoms with E-state index in [0.717, 1.165) is 36.3 Å². The highest BCUT2D eigenvalue weighted by Crippen LogP contribution is 2.24. The van der Waals surface area contributed by atoms with Gasteiger partial charge in [0.2, 0.25) is 0 Å². The molecule has 8 heteroatoms. The molecule has 0 aliphatic carbocycles. The van der Waals surface area contributed by atoms with E-state index in [1.54, 1.807) is 24.4 Å². The molecule has 2 amide bonds. The van der Waals surface area contributed by atoms with Crippen LogP contribution in [0.1, 0.15) is 69.5 Å². The molecule has 214 valence electrons. The number of amides is 2. The fourth-order valence-electron chi connectivity index (χ4n) is 5.68. The van der Waals surface area contributed by atoms with E-state index in [1.807, 2.05) is 43.3 Å². The van der Waals surface area contributed by atoms with Gasteiger partial charge in [-0.2, -0.15) is 5.10 Å². The second kappa shape index (κ2) is 13.9. The molecule has 0 radical (unpaired) electrons. The van der Waals surface area contributed by atoms with Gasteiger partial charge in [0.05, 0.1) is 17.5 Å². The van der Waals surface area contributed by atoms with Crippen molar-refractivity contribution in [2.45, 2.75) is 51.6 Å². The zero-order valence-electron chi connectivity index (χ0n) is 23.6. The van der Waals surface area contributed by atoms with Crippen LogP contribution in [0, 0.1) is 6.92 Å². The summed E-state index contributed by atoms with van der Waals surface area (Å²) in [6, 6.07) is 21.0. The Labute approximate surface area is 247 Å². The first-order chi connectivity index (χ1) is 19.9. The van der Waals surface area contributed by atoms with Gasteiger partial charge in [0, 0.05) is 23.2 Å². The first-order valence-electron chi connectivity index (χ1n) is 14.5. The van der Waals surface area contributed by atoms with Crippen LogP contribution in [0.5, 0.6) is 0 Å². The highest BCUT2D eigenvalue weighted by atomic mass is 35.5. The fourth-order valence-corrected chi connectivity index (χ4v) is 5.85. The van der Waals surface area contributed by atoms with Crippen molar-refractivity contribution in [3.8, 4) is 0 Å². The minimum absolute atomic E-state index is 0.236. The van der Waals surface area contributed by atoms with E-state index >= 15 is 0 Å². The molecular formula is C33H38ClN5O2. The zero-order valence-corrected chi connectivity index (χ0v) is 24.4. The van der Waals surface area contributed by atoms with E-state index < -0.39 is 5.91 Å². The van der Waals surface area contributed by atoms with E-state index in [9.17, 15) is 9.59 Å². The number of carbonyl (C=O) groups excluding carboxylic acids is 2. The fraction of sp³-hybridized carbons (Fsp3) is 0.364. The lowest BCUT2D eigenvalue weighted by molar-refractivity contribution is 0.0896. The Kier molecular flexibility index (Phi) is 9.83. The quantitative estimate of drug-likeness (QED) is 0.252. The first-order valence-corrected chi connectivity index (χ1v) is 14.9. The van der Waals surface area contributed by atoms with Crippen molar-refractivity contribution in [3.05, 3.63) is 99.6 Å². The molecule has 0 atom stereocenters. The van der Waals surface area contributed by atoms with Crippen molar-refractivity contribution in [2.75, 3.05) is 31.5 Å². The summed E-state index contributed by atoms with van der Waals surface area (Å²) < 4.78 is 0. The van der Waals surface area contributed by atoms with Gasteiger partial charge in [-0.05, 0) is 100 Å². The van der Waals surface area contributed by atoms with Gasteiger partial charge in [-0.15, -0.1) is 0 Å². The molecule has 2 aliphatic rings. The van der Waals surface area contributed by atoms with E-state index in [1.165, 1.54) is 51.3 Å². The minimum Gasteiger partial charge on any atom is -0.321 e. The normalized spacial score (nSPS) is 17.0. The Morgan fingerprint density at radius 2 is 1.68 bits per heavy atom. The van der Waals surface area contributed by atoms with Crippen LogP contribution in [0.4, 0.5) is 5.69 Å². The van der Waals surface area contributed by atoms with Crippen LogP contribution in [-0.2, 0) is 6.54 Å². The van der Waals surface area contributed by atoms with E-state index in [0.29, 0.717) is 22.3 Å². The molecule has 41 heavy (non-hydrogen) atoms. The largest absolute Gasteiger partial charge is 0.321 e. The Balaban J connectivity index is 1.19. The van der Waals surface area contributed by atoms with Crippen molar-refractivity contribution in [2.24, 2.45) is 5.10 Å². The van der Waals surface area contributed by atoms with Crippen molar-refractivity contribution in [1.82, 2.24) is 15.2 Å².